The lowest BCUT2D eigenvalue weighted by molar-refractivity contribution is 0.00790. The lowest BCUT2D eigenvalue weighted by atomic mass is 9.93. The number of ether oxygens (including phenoxy) is 1. The second-order valence-electron chi connectivity index (χ2n) is 6.31. The maximum Gasteiger partial charge on any atom is 0.289 e. The van der Waals surface area contributed by atoms with Crippen molar-refractivity contribution in [3.8, 4) is 0 Å². The van der Waals surface area contributed by atoms with Crippen molar-refractivity contribution in [1.29, 1.82) is 0 Å². The molecule has 1 aromatic carbocycles. The zero-order valence-corrected chi connectivity index (χ0v) is 13.2. The van der Waals surface area contributed by atoms with E-state index in [-0.39, 0.29) is 5.91 Å². The van der Waals surface area contributed by atoms with E-state index in [0.29, 0.717) is 34.5 Å². The molecule has 3 atom stereocenters. The highest BCUT2D eigenvalue weighted by atomic mass is 35.5. The molecule has 3 heterocycles. The third-order valence-corrected chi connectivity index (χ3v) is 4.92. The standard InChI is InChI=1S/C17H18ClNO3/c1-10-6-12-9-19(5-4-15(12)21-10)17(20)16-8-11-7-13(18)2-3-14(11)22-16/h2-3,7-8,10,12,15H,4-6,9H2,1H3/t10-,12-,15-/m1/s1. The van der Waals surface area contributed by atoms with Gasteiger partial charge in [0.25, 0.3) is 5.91 Å². The van der Waals surface area contributed by atoms with Gasteiger partial charge < -0.3 is 14.1 Å². The van der Waals surface area contributed by atoms with Crippen LogP contribution in [0, 0.1) is 5.92 Å². The van der Waals surface area contributed by atoms with Gasteiger partial charge in [-0.25, -0.2) is 0 Å². The Kier molecular flexibility index (Phi) is 3.39. The van der Waals surface area contributed by atoms with E-state index in [1.165, 1.54) is 0 Å². The highest BCUT2D eigenvalue weighted by Gasteiger charge is 2.39. The average Bonchev–Trinajstić information content (AvgIpc) is 3.07. The zero-order chi connectivity index (χ0) is 15.3. The second kappa shape index (κ2) is 5.28. The number of furan rings is 1. The minimum absolute atomic E-state index is 0.0367. The van der Waals surface area contributed by atoms with E-state index in [9.17, 15) is 4.79 Å². The summed E-state index contributed by atoms with van der Waals surface area (Å²) in [7, 11) is 0. The lowest BCUT2D eigenvalue weighted by Gasteiger charge is -2.33. The number of carbonyl (C=O) groups is 1. The van der Waals surface area contributed by atoms with Crippen LogP contribution in [-0.2, 0) is 4.74 Å². The minimum atomic E-state index is -0.0367. The summed E-state index contributed by atoms with van der Waals surface area (Å²) in [5.74, 6) is 0.805. The van der Waals surface area contributed by atoms with E-state index < -0.39 is 0 Å². The largest absolute Gasteiger partial charge is 0.451 e. The minimum Gasteiger partial charge on any atom is -0.451 e. The normalized spacial score (nSPS) is 28.1. The molecule has 22 heavy (non-hydrogen) atoms. The third-order valence-electron chi connectivity index (χ3n) is 4.68. The molecule has 116 valence electrons. The van der Waals surface area contributed by atoms with Crippen LogP contribution in [0.4, 0.5) is 0 Å². The summed E-state index contributed by atoms with van der Waals surface area (Å²) in [5.41, 5.74) is 0.695. The molecule has 1 amide bonds. The number of hydrogen-bond acceptors (Lipinski definition) is 3. The Morgan fingerprint density at radius 2 is 2.23 bits per heavy atom. The predicted octanol–water partition coefficient (Wildman–Crippen LogP) is 3.73. The highest BCUT2D eigenvalue weighted by Crippen LogP contribution is 2.33. The Hall–Kier alpha value is -1.52. The summed E-state index contributed by atoms with van der Waals surface area (Å²) < 4.78 is 11.6. The lowest BCUT2D eigenvalue weighted by Crippen LogP contribution is -2.44. The number of halogens is 1. The maximum absolute atomic E-state index is 12.7. The molecule has 0 saturated carbocycles. The fraction of sp³-hybridized carbons (Fsp3) is 0.471. The van der Waals surface area contributed by atoms with Crippen molar-refractivity contribution in [2.45, 2.75) is 32.0 Å². The van der Waals surface area contributed by atoms with E-state index in [1.807, 2.05) is 11.0 Å². The number of benzene rings is 1. The van der Waals surface area contributed by atoms with E-state index in [2.05, 4.69) is 6.92 Å². The molecule has 5 heteroatoms. The van der Waals surface area contributed by atoms with Crippen LogP contribution in [0.25, 0.3) is 11.0 Å². The molecule has 2 fully saturated rings. The fourth-order valence-corrected chi connectivity index (χ4v) is 3.84. The van der Waals surface area contributed by atoms with Crippen molar-refractivity contribution in [1.82, 2.24) is 4.90 Å². The molecule has 0 radical (unpaired) electrons. The molecule has 1 aromatic heterocycles. The molecule has 2 aliphatic heterocycles. The SMILES string of the molecule is C[C@@H]1C[C@@H]2CN(C(=O)c3cc4cc(Cl)ccc4o3)CC[C@H]2O1. The molecule has 0 N–H and O–H groups in total. The van der Waals surface area contributed by atoms with Crippen LogP contribution in [0.15, 0.2) is 28.7 Å². The third kappa shape index (κ3) is 2.40. The Morgan fingerprint density at radius 3 is 3.09 bits per heavy atom. The van der Waals surface area contributed by atoms with Gasteiger partial charge in [-0.2, -0.15) is 0 Å². The Labute approximate surface area is 134 Å². The molecule has 2 saturated heterocycles. The van der Waals surface area contributed by atoms with Gasteiger partial charge in [-0.05, 0) is 44.0 Å². The number of amides is 1. The Bertz CT molecular complexity index is 726. The number of piperidine rings is 1. The van der Waals surface area contributed by atoms with Crippen molar-refractivity contribution >= 4 is 28.5 Å². The van der Waals surface area contributed by atoms with Crippen molar-refractivity contribution in [2.24, 2.45) is 5.92 Å². The molecule has 2 aromatic rings. The van der Waals surface area contributed by atoms with Crippen LogP contribution in [0.5, 0.6) is 0 Å². The van der Waals surface area contributed by atoms with E-state index in [4.69, 9.17) is 20.8 Å². The van der Waals surface area contributed by atoms with Gasteiger partial charge >= 0.3 is 0 Å². The summed E-state index contributed by atoms with van der Waals surface area (Å²) in [6.45, 7) is 3.59. The van der Waals surface area contributed by atoms with Crippen LogP contribution in [0.3, 0.4) is 0 Å². The number of carbonyl (C=O) groups excluding carboxylic acids is 1. The van der Waals surface area contributed by atoms with Crippen molar-refractivity contribution < 1.29 is 13.9 Å². The first-order valence-corrected chi connectivity index (χ1v) is 8.12. The summed E-state index contributed by atoms with van der Waals surface area (Å²) in [6, 6.07) is 7.16. The van der Waals surface area contributed by atoms with E-state index in [0.717, 1.165) is 31.3 Å². The number of hydrogen-bond donors (Lipinski definition) is 0. The number of nitrogens with zero attached hydrogens (tertiary/aromatic N) is 1. The summed E-state index contributed by atoms with van der Waals surface area (Å²) in [4.78, 5) is 14.6. The van der Waals surface area contributed by atoms with E-state index in [1.54, 1.807) is 18.2 Å². The van der Waals surface area contributed by atoms with E-state index >= 15 is 0 Å². The molecule has 0 bridgehead atoms. The van der Waals surface area contributed by atoms with Gasteiger partial charge in [-0.15, -0.1) is 0 Å². The maximum atomic E-state index is 12.7. The summed E-state index contributed by atoms with van der Waals surface area (Å²) >= 11 is 5.98. The van der Waals surface area contributed by atoms with Crippen LogP contribution in [0.1, 0.15) is 30.3 Å². The van der Waals surface area contributed by atoms with Crippen LogP contribution in [0.2, 0.25) is 5.02 Å². The first kappa shape index (κ1) is 14.1. The van der Waals surface area contributed by atoms with Crippen molar-refractivity contribution in [3.63, 3.8) is 0 Å². The molecule has 0 unspecified atom stereocenters. The van der Waals surface area contributed by atoms with Gasteiger partial charge in [0, 0.05) is 29.4 Å². The monoisotopic (exact) mass is 319 g/mol. The average molecular weight is 320 g/mol. The molecule has 2 aliphatic rings. The van der Waals surface area contributed by atoms with Crippen molar-refractivity contribution in [3.05, 3.63) is 35.0 Å². The highest BCUT2D eigenvalue weighted by molar-refractivity contribution is 6.31. The Morgan fingerprint density at radius 1 is 1.36 bits per heavy atom. The van der Waals surface area contributed by atoms with Gasteiger partial charge in [0.1, 0.15) is 5.58 Å². The van der Waals surface area contributed by atoms with Gasteiger partial charge in [0.05, 0.1) is 12.2 Å². The topological polar surface area (TPSA) is 42.7 Å². The number of likely N-dealkylation sites (tertiary alicyclic amines) is 1. The first-order chi connectivity index (χ1) is 10.6. The molecule has 0 aliphatic carbocycles. The van der Waals surface area contributed by atoms with Gasteiger partial charge in [-0.1, -0.05) is 11.6 Å². The summed E-state index contributed by atoms with van der Waals surface area (Å²) in [6.07, 6.45) is 2.56. The number of rotatable bonds is 1. The molecule has 4 nitrogen and oxygen atoms in total. The Balaban J connectivity index is 1.55. The smallest absolute Gasteiger partial charge is 0.289 e. The molecule has 4 rings (SSSR count). The quantitative estimate of drug-likeness (QED) is 0.804. The predicted molar refractivity (Wildman–Crippen MR) is 84.2 cm³/mol. The molecular weight excluding hydrogens is 302 g/mol. The number of fused-ring (bicyclic) bond motifs is 2. The van der Waals surface area contributed by atoms with Gasteiger partial charge in [0.15, 0.2) is 5.76 Å². The van der Waals surface area contributed by atoms with Crippen LogP contribution >= 0.6 is 11.6 Å². The fourth-order valence-electron chi connectivity index (χ4n) is 3.66. The van der Waals surface area contributed by atoms with Gasteiger partial charge in [0.2, 0.25) is 0 Å². The molecule has 0 spiro atoms. The van der Waals surface area contributed by atoms with Crippen LogP contribution < -0.4 is 0 Å². The van der Waals surface area contributed by atoms with Crippen LogP contribution in [-0.4, -0.2) is 36.1 Å². The molecular formula is C17H18ClNO3. The van der Waals surface area contributed by atoms with Gasteiger partial charge in [-0.3, -0.25) is 4.79 Å². The van der Waals surface area contributed by atoms with Crippen molar-refractivity contribution in [2.75, 3.05) is 13.1 Å². The summed E-state index contributed by atoms with van der Waals surface area (Å²) in [5, 5.41) is 1.51. The first-order valence-electron chi connectivity index (χ1n) is 7.74. The zero-order valence-electron chi connectivity index (χ0n) is 12.4. The second-order valence-corrected chi connectivity index (χ2v) is 6.75.